The van der Waals surface area contributed by atoms with Crippen molar-refractivity contribution in [2.24, 2.45) is 0 Å². The fourth-order valence-electron chi connectivity index (χ4n) is 17.0. The van der Waals surface area contributed by atoms with Crippen LogP contribution in [0, 0.1) is 0 Å². The summed E-state index contributed by atoms with van der Waals surface area (Å²) in [4.78, 5) is 2.45. The lowest BCUT2D eigenvalue weighted by molar-refractivity contribution is 0.591. The van der Waals surface area contributed by atoms with Gasteiger partial charge in [-0.05, 0) is 251 Å². The number of hydrogen-bond donors (Lipinski definition) is 0. The zero-order valence-corrected chi connectivity index (χ0v) is 63.6. The molecule has 0 radical (unpaired) electrons. The summed E-state index contributed by atoms with van der Waals surface area (Å²) >= 11 is 0. The van der Waals surface area contributed by atoms with Crippen molar-refractivity contribution in [2.75, 3.05) is 4.90 Å². The van der Waals surface area contributed by atoms with Gasteiger partial charge in [0, 0.05) is 17.1 Å². The number of hydrogen-bond acceptors (Lipinski definition) is 1. The number of rotatable bonds is 12. The van der Waals surface area contributed by atoms with Crippen LogP contribution in [0.4, 0.5) is 17.1 Å². The Kier molecular flexibility index (Phi) is 17.1. The van der Waals surface area contributed by atoms with Gasteiger partial charge in [-0.25, -0.2) is 0 Å². The predicted octanol–water partition coefficient (Wildman–Crippen LogP) is 30.9. The number of nitrogens with zero attached hydrogens (tertiary/aromatic N) is 1. The van der Waals surface area contributed by atoms with Gasteiger partial charge in [-0.15, -0.1) is 0 Å². The molecule has 0 saturated heterocycles. The van der Waals surface area contributed by atoms with Crippen LogP contribution in [-0.2, 0) is 16.2 Å². The lowest BCUT2D eigenvalue weighted by Gasteiger charge is -2.27. The van der Waals surface area contributed by atoms with E-state index in [0.717, 1.165) is 33.8 Å². The van der Waals surface area contributed by atoms with Gasteiger partial charge in [-0.3, -0.25) is 0 Å². The lowest BCUT2D eigenvalue weighted by atomic mass is 9.82. The van der Waals surface area contributed by atoms with Gasteiger partial charge in [0.05, 0.1) is 0 Å². The molecule has 524 valence electrons. The predicted molar refractivity (Wildman–Crippen MR) is 477 cm³/mol. The Morgan fingerprint density at radius 3 is 0.688 bits per heavy atom. The number of anilines is 3. The van der Waals surface area contributed by atoms with Crippen LogP contribution >= 0.6 is 0 Å². The highest BCUT2D eigenvalue weighted by Crippen LogP contribution is 2.49. The van der Waals surface area contributed by atoms with Crippen LogP contribution in [0.3, 0.4) is 0 Å². The third-order valence-corrected chi connectivity index (χ3v) is 22.8. The molecule has 18 rings (SSSR count). The molecule has 0 aliphatic rings. The summed E-state index contributed by atoms with van der Waals surface area (Å²) in [6.45, 7) is 20.9. The van der Waals surface area contributed by atoms with Crippen molar-refractivity contribution in [3.05, 3.63) is 378 Å². The Labute approximate surface area is 640 Å². The molecule has 1 nitrogen and oxygen atoms in total. The van der Waals surface area contributed by atoms with Gasteiger partial charge in [0.15, 0.2) is 0 Å². The Bertz CT molecular complexity index is 6070. The van der Waals surface area contributed by atoms with E-state index in [1.807, 2.05) is 0 Å². The summed E-state index contributed by atoms with van der Waals surface area (Å²) in [7, 11) is 0. The Morgan fingerprint density at radius 2 is 0.422 bits per heavy atom. The van der Waals surface area contributed by atoms with E-state index >= 15 is 0 Å². The third-order valence-electron chi connectivity index (χ3n) is 22.8. The smallest absolute Gasteiger partial charge is 0.0462 e. The van der Waals surface area contributed by atoms with Crippen molar-refractivity contribution in [1.29, 1.82) is 0 Å². The van der Waals surface area contributed by atoms with Crippen LogP contribution in [0.25, 0.3) is 167 Å². The van der Waals surface area contributed by atoms with Crippen molar-refractivity contribution < 1.29 is 0 Å². The topological polar surface area (TPSA) is 3.24 Å². The minimum atomic E-state index is -0.0595. The molecule has 109 heavy (non-hydrogen) atoms. The quantitative estimate of drug-likeness (QED) is 0.0870. The second-order valence-electron chi connectivity index (χ2n) is 32.7. The molecule has 0 fully saturated rings. The monoisotopic (exact) mass is 1400 g/mol. The molecule has 0 heterocycles. The van der Waals surface area contributed by atoms with Gasteiger partial charge in [0.1, 0.15) is 0 Å². The normalized spacial score (nSPS) is 12.5. The second kappa shape index (κ2) is 27.3. The summed E-state index contributed by atoms with van der Waals surface area (Å²) in [6.07, 6.45) is 14.1. The van der Waals surface area contributed by atoms with E-state index in [2.05, 4.69) is 431 Å². The Hall–Kier alpha value is -12.7. The van der Waals surface area contributed by atoms with Crippen molar-refractivity contribution in [2.45, 2.75) is 78.6 Å². The molecular formula is C108H87N. The average molecular weight is 1400 g/mol. The van der Waals surface area contributed by atoms with E-state index < -0.39 is 0 Å². The molecule has 0 aliphatic carbocycles. The first kappa shape index (κ1) is 68.2. The van der Waals surface area contributed by atoms with Gasteiger partial charge in [0.2, 0.25) is 0 Å². The maximum Gasteiger partial charge on any atom is 0.0462 e. The van der Waals surface area contributed by atoms with Gasteiger partial charge < -0.3 is 4.90 Å². The Balaban J connectivity index is 0.800. The summed E-state index contributed by atoms with van der Waals surface area (Å²) in [5, 5.41) is 22.2. The van der Waals surface area contributed by atoms with E-state index in [9.17, 15) is 0 Å². The minimum Gasteiger partial charge on any atom is -0.311 e. The standard InChI is InChI=1S/C108H87N/c1-106(2,3)79-52-64-97-100(67-79)91(61-49-73-31-22-28-70-25-10-13-34-85(70)73)88-37-16-19-40-94(88)103(97)76-43-55-82(56-44-76)109(83-57-45-77(46-58-83)104-95-41-20-17-38-89(95)92(101-68-80(107(4,5)6)53-65-98(101)104)62-50-74-32-23-29-71-26-11-14-35-86(71)74)84-59-47-78(48-60-84)105-96-42-21-18-39-90(96)93(102-69-81(108(7,8)9)54-66-99(102)105)63-51-75-33-24-30-72-27-12-15-36-87(72)75/h10-69H,1-9H3/b61-49+,62-50+,63-51+. The van der Waals surface area contributed by atoms with E-state index in [1.165, 1.54) is 164 Å². The fourth-order valence-corrected chi connectivity index (χ4v) is 17.0. The first-order chi connectivity index (χ1) is 53.0. The summed E-state index contributed by atoms with van der Waals surface area (Å²) in [5.74, 6) is 0. The van der Waals surface area contributed by atoms with Crippen molar-refractivity contribution in [3.8, 4) is 33.4 Å². The molecule has 0 aliphatic heterocycles. The van der Waals surface area contributed by atoms with Gasteiger partial charge in [-0.1, -0.05) is 372 Å². The molecule has 18 aromatic carbocycles. The van der Waals surface area contributed by atoms with Crippen LogP contribution in [0.1, 0.15) is 112 Å². The minimum absolute atomic E-state index is 0.0595. The second-order valence-corrected chi connectivity index (χ2v) is 32.7. The molecular weight excluding hydrogens is 1310 g/mol. The van der Waals surface area contributed by atoms with Crippen LogP contribution in [0.15, 0.2) is 328 Å². The highest BCUT2D eigenvalue weighted by molar-refractivity contribution is 6.22. The summed E-state index contributed by atoms with van der Waals surface area (Å²) in [5.41, 5.74) is 21.4. The third kappa shape index (κ3) is 12.5. The zero-order chi connectivity index (χ0) is 74.3. The molecule has 0 aromatic heterocycles. The molecule has 18 aromatic rings. The molecule has 1 heteroatoms. The van der Waals surface area contributed by atoms with E-state index in [-0.39, 0.29) is 16.2 Å². The maximum absolute atomic E-state index is 2.46. The number of fused-ring (bicyclic) bond motifs is 9. The highest BCUT2D eigenvalue weighted by Gasteiger charge is 2.25. The van der Waals surface area contributed by atoms with Crippen LogP contribution < -0.4 is 4.90 Å². The summed E-state index contributed by atoms with van der Waals surface area (Å²) in [6, 6.07) is 123. The van der Waals surface area contributed by atoms with E-state index in [0.29, 0.717) is 0 Å². The molecule has 0 N–H and O–H groups in total. The SMILES string of the molecule is CC(C)(C)c1ccc2c(-c3ccc(N(c4ccc(-c5c6ccccc6c(/C=C/c6cccc7ccccc67)c6cc(C(C)(C)C)ccc56)cc4)c4ccc(-c5c6ccccc6c(/C=C/c6cccc7ccccc67)c6cc(C(C)(C)C)ccc56)cc4)cc3)c3ccccc3c(/C=C/c3cccc4ccccc34)c2c1. The van der Waals surface area contributed by atoms with Crippen LogP contribution in [0.5, 0.6) is 0 Å². The van der Waals surface area contributed by atoms with Gasteiger partial charge in [0.25, 0.3) is 0 Å². The molecule has 0 saturated carbocycles. The highest BCUT2D eigenvalue weighted by atomic mass is 15.1. The summed E-state index contributed by atoms with van der Waals surface area (Å²) < 4.78 is 0. The van der Waals surface area contributed by atoms with Crippen molar-refractivity contribution in [1.82, 2.24) is 0 Å². The van der Waals surface area contributed by atoms with Crippen LogP contribution in [0.2, 0.25) is 0 Å². The molecule has 0 bridgehead atoms. The largest absolute Gasteiger partial charge is 0.311 e. The van der Waals surface area contributed by atoms with E-state index in [4.69, 9.17) is 0 Å². The first-order valence-corrected chi connectivity index (χ1v) is 38.5. The molecule has 0 unspecified atom stereocenters. The number of benzene rings is 18. The Morgan fingerprint density at radius 1 is 0.193 bits per heavy atom. The van der Waals surface area contributed by atoms with Crippen molar-refractivity contribution >= 4 is 150 Å². The molecule has 0 spiro atoms. The lowest BCUT2D eigenvalue weighted by Crippen LogP contribution is -2.11. The zero-order valence-electron chi connectivity index (χ0n) is 63.6. The van der Waals surface area contributed by atoms with Crippen molar-refractivity contribution in [3.63, 3.8) is 0 Å². The van der Waals surface area contributed by atoms with Gasteiger partial charge >= 0.3 is 0 Å². The van der Waals surface area contributed by atoms with Gasteiger partial charge in [-0.2, -0.15) is 0 Å². The first-order valence-electron chi connectivity index (χ1n) is 38.5. The maximum atomic E-state index is 2.46. The molecule has 0 amide bonds. The molecule has 0 atom stereocenters. The van der Waals surface area contributed by atoms with E-state index in [1.54, 1.807) is 0 Å². The fraction of sp³-hybridized carbons (Fsp3) is 0.111. The average Bonchev–Trinajstić information content (AvgIpc) is 0.744. The van der Waals surface area contributed by atoms with Crippen LogP contribution in [-0.4, -0.2) is 0 Å².